The van der Waals surface area contributed by atoms with Crippen LogP contribution in [-0.4, -0.2) is 27.9 Å². The molecular formula is C33H34N2O4S. The fourth-order valence-electron chi connectivity index (χ4n) is 4.91. The zero-order valence-corrected chi connectivity index (χ0v) is 23.5. The second-order valence-electron chi connectivity index (χ2n) is 9.99. The number of ether oxygens (including phenoxy) is 2. The maximum Gasteiger partial charge on any atom is 0.217 e. The minimum absolute atomic E-state index is 0.0106. The molecular weight excluding hydrogens is 520 g/mol. The van der Waals surface area contributed by atoms with Gasteiger partial charge < -0.3 is 19.9 Å². The Kier molecular flexibility index (Phi) is 9.29. The van der Waals surface area contributed by atoms with Crippen LogP contribution in [0.3, 0.4) is 0 Å². The predicted octanol–water partition coefficient (Wildman–Crippen LogP) is 6.46. The first-order valence-electron chi connectivity index (χ1n) is 13.5. The number of aliphatic hydroxyl groups is 1. The fourth-order valence-corrected chi connectivity index (χ4v) is 5.93. The predicted molar refractivity (Wildman–Crippen MR) is 157 cm³/mol. The largest absolute Gasteiger partial charge is 0.392 e. The van der Waals surface area contributed by atoms with E-state index in [9.17, 15) is 9.90 Å². The van der Waals surface area contributed by atoms with Gasteiger partial charge in [0.15, 0.2) is 6.29 Å². The Morgan fingerprint density at radius 1 is 0.925 bits per heavy atom. The molecule has 5 rings (SSSR count). The number of hydrogen-bond donors (Lipinski definition) is 2. The third-order valence-electron chi connectivity index (χ3n) is 7.20. The lowest BCUT2D eigenvalue weighted by atomic mass is 9.91. The van der Waals surface area contributed by atoms with Crippen LogP contribution in [0.15, 0.2) is 102 Å². The molecule has 40 heavy (non-hydrogen) atoms. The van der Waals surface area contributed by atoms with Crippen molar-refractivity contribution >= 4 is 17.7 Å². The van der Waals surface area contributed by atoms with Gasteiger partial charge in [-0.05, 0) is 39.9 Å². The lowest BCUT2D eigenvalue weighted by Crippen LogP contribution is -2.38. The Balaban J connectivity index is 1.39. The number of amides is 1. The maximum atomic E-state index is 11.5. The molecule has 0 radical (unpaired) electrons. The van der Waals surface area contributed by atoms with Crippen molar-refractivity contribution in [2.75, 3.05) is 5.75 Å². The van der Waals surface area contributed by atoms with Crippen molar-refractivity contribution in [2.24, 2.45) is 5.92 Å². The number of benzene rings is 3. The van der Waals surface area contributed by atoms with Crippen LogP contribution >= 0.6 is 11.8 Å². The van der Waals surface area contributed by atoms with Crippen molar-refractivity contribution in [1.29, 1.82) is 0 Å². The third kappa shape index (κ3) is 6.80. The Hall–Kier alpha value is -3.49. The molecule has 6 nitrogen and oxygen atoms in total. The number of hydrogen-bond acceptors (Lipinski definition) is 6. The summed E-state index contributed by atoms with van der Waals surface area (Å²) in [5.74, 6) is 0.798. The van der Waals surface area contributed by atoms with E-state index in [0.29, 0.717) is 6.54 Å². The SMILES string of the molecule is CC(=O)NCc1ccccc1-c1ccc([C@H]2O[C@@H](CSc3ccccn3)[C@@H](C)[C@@H](c3ccc(CO)cc3)O2)cc1. The molecule has 4 atom stereocenters. The van der Waals surface area contributed by atoms with E-state index in [1.54, 1.807) is 18.0 Å². The molecule has 1 aliphatic rings. The van der Waals surface area contributed by atoms with Crippen molar-refractivity contribution in [3.8, 4) is 11.1 Å². The Morgan fingerprint density at radius 2 is 1.65 bits per heavy atom. The lowest BCUT2D eigenvalue weighted by Gasteiger charge is -2.41. The molecule has 0 spiro atoms. The molecule has 4 aromatic rings. The molecule has 1 amide bonds. The number of pyridine rings is 1. The van der Waals surface area contributed by atoms with Crippen molar-refractivity contribution in [3.05, 3.63) is 119 Å². The van der Waals surface area contributed by atoms with E-state index < -0.39 is 6.29 Å². The molecule has 7 heteroatoms. The van der Waals surface area contributed by atoms with Crippen LogP contribution in [0.2, 0.25) is 0 Å². The van der Waals surface area contributed by atoms with Gasteiger partial charge in [-0.2, -0.15) is 0 Å². The minimum Gasteiger partial charge on any atom is -0.392 e. The van der Waals surface area contributed by atoms with E-state index in [2.05, 4.69) is 47.6 Å². The van der Waals surface area contributed by atoms with Crippen LogP contribution in [0, 0.1) is 5.92 Å². The van der Waals surface area contributed by atoms with Crippen molar-refractivity contribution in [3.63, 3.8) is 0 Å². The highest BCUT2D eigenvalue weighted by Gasteiger charge is 2.38. The summed E-state index contributed by atoms with van der Waals surface area (Å²) in [6.45, 7) is 4.18. The number of carbonyl (C=O) groups is 1. The zero-order valence-electron chi connectivity index (χ0n) is 22.7. The molecule has 1 aliphatic heterocycles. The molecule has 0 aliphatic carbocycles. The number of nitrogens with zero attached hydrogens (tertiary/aromatic N) is 1. The van der Waals surface area contributed by atoms with Gasteiger partial charge in [0.2, 0.25) is 5.91 Å². The Labute approximate surface area is 239 Å². The van der Waals surface area contributed by atoms with Crippen LogP contribution in [0.25, 0.3) is 11.1 Å². The van der Waals surface area contributed by atoms with Crippen LogP contribution in [-0.2, 0) is 27.4 Å². The van der Waals surface area contributed by atoms with E-state index >= 15 is 0 Å². The summed E-state index contributed by atoms with van der Waals surface area (Å²) in [4.78, 5) is 15.9. The average Bonchev–Trinajstić information content (AvgIpc) is 3.00. The minimum atomic E-state index is -0.531. The van der Waals surface area contributed by atoms with E-state index in [1.165, 1.54) is 6.92 Å². The Morgan fingerprint density at radius 3 is 2.35 bits per heavy atom. The first kappa shape index (κ1) is 28.1. The molecule has 0 saturated carbocycles. The van der Waals surface area contributed by atoms with Gasteiger partial charge in [-0.25, -0.2) is 4.98 Å². The van der Waals surface area contributed by atoms with Crippen molar-refractivity contribution < 1.29 is 19.4 Å². The number of rotatable bonds is 9. The number of nitrogens with one attached hydrogen (secondary N) is 1. The molecule has 1 saturated heterocycles. The zero-order chi connectivity index (χ0) is 27.9. The second kappa shape index (κ2) is 13.2. The number of aliphatic hydroxyl groups excluding tert-OH is 1. The average molecular weight is 555 g/mol. The molecule has 0 unspecified atom stereocenters. The summed E-state index contributed by atoms with van der Waals surface area (Å²) in [5.41, 5.74) is 6.08. The van der Waals surface area contributed by atoms with Crippen LogP contribution in [0.4, 0.5) is 0 Å². The number of carbonyl (C=O) groups excluding carboxylic acids is 1. The Bertz CT molecular complexity index is 1400. The van der Waals surface area contributed by atoms with E-state index in [-0.39, 0.29) is 30.6 Å². The van der Waals surface area contributed by atoms with Gasteiger partial charge in [-0.15, -0.1) is 11.8 Å². The van der Waals surface area contributed by atoms with Gasteiger partial charge in [0.25, 0.3) is 0 Å². The monoisotopic (exact) mass is 554 g/mol. The smallest absolute Gasteiger partial charge is 0.217 e. The van der Waals surface area contributed by atoms with E-state index in [0.717, 1.165) is 44.2 Å². The van der Waals surface area contributed by atoms with Gasteiger partial charge in [0.05, 0.1) is 23.8 Å². The standard InChI is InChI=1S/C33H34N2O4S/c1-22-30(21-40-31-9-5-6-18-34-31)38-33(39-32(22)26-12-10-24(20-36)11-13-26)27-16-14-25(15-17-27)29-8-4-3-7-28(29)19-35-23(2)37/h3-18,22,30,32-33,36H,19-21H2,1-2H3,(H,35,37)/t22-,30+,32+,33+/m1/s1. The van der Waals surface area contributed by atoms with Gasteiger partial charge in [0, 0.05) is 36.9 Å². The highest BCUT2D eigenvalue weighted by atomic mass is 32.2. The van der Waals surface area contributed by atoms with E-state index in [4.69, 9.17) is 9.47 Å². The summed E-state index contributed by atoms with van der Waals surface area (Å²) in [7, 11) is 0. The molecule has 1 fully saturated rings. The normalized spacial score (nSPS) is 20.7. The molecule has 0 bridgehead atoms. The third-order valence-corrected chi connectivity index (χ3v) is 8.23. The highest BCUT2D eigenvalue weighted by molar-refractivity contribution is 7.99. The maximum absolute atomic E-state index is 11.5. The summed E-state index contributed by atoms with van der Waals surface area (Å²) in [5, 5.41) is 13.4. The fraction of sp³-hybridized carbons (Fsp3) is 0.273. The van der Waals surface area contributed by atoms with Crippen LogP contribution in [0.1, 0.15) is 48.5 Å². The summed E-state index contributed by atoms with van der Waals surface area (Å²) in [6.07, 6.45) is 1.04. The van der Waals surface area contributed by atoms with Gasteiger partial charge in [-0.3, -0.25) is 4.79 Å². The van der Waals surface area contributed by atoms with Gasteiger partial charge in [-0.1, -0.05) is 85.8 Å². The summed E-state index contributed by atoms with van der Waals surface area (Å²) in [6, 6.07) is 30.2. The first-order chi connectivity index (χ1) is 19.5. The van der Waals surface area contributed by atoms with Gasteiger partial charge in [0.1, 0.15) is 0 Å². The highest BCUT2D eigenvalue weighted by Crippen LogP contribution is 2.43. The second-order valence-corrected chi connectivity index (χ2v) is 11.0. The van der Waals surface area contributed by atoms with Crippen LogP contribution in [0.5, 0.6) is 0 Å². The molecule has 2 N–H and O–H groups in total. The van der Waals surface area contributed by atoms with Crippen LogP contribution < -0.4 is 5.32 Å². The topological polar surface area (TPSA) is 80.7 Å². The number of aromatic nitrogens is 1. The molecule has 2 heterocycles. The quantitative estimate of drug-likeness (QED) is 0.231. The van der Waals surface area contributed by atoms with Crippen molar-refractivity contribution in [2.45, 2.75) is 50.5 Å². The lowest BCUT2D eigenvalue weighted by molar-refractivity contribution is -0.268. The first-order valence-corrected chi connectivity index (χ1v) is 14.5. The molecule has 3 aromatic carbocycles. The molecule has 206 valence electrons. The van der Waals surface area contributed by atoms with Gasteiger partial charge >= 0.3 is 0 Å². The summed E-state index contributed by atoms with van der Waals surface area (Å²) >= 11 is 1.68. The van der Waals surface area contributed by atoms with E-state index in [1.807, 2.05) is 60.7 Å². The van der Waals surface area contributed by atoms with Crippen molar-refractivity contribution in [1.82, 2.24) is 10.3 Å². The molecule has 1 aromatic heterocycles. The number of thioether (sulfide) groups is 1. The summed E-state index contributed by atoms with van der Waals surface area (Å²) < 4.78 is 13.2.